The number of nitrogens with one attached hydrogen (secondary N) is 1. The van der Waals surface area contributed by atoms with Crippen LogP contribution in [0.3, 0.4) is 0 Å². The van der Waals surface area contributed by atoms with Gasteiger partial charge in [-0.3, -0.25) is 0 Å². The maximum atomic E-state index is 12.7. The van der Waals surface area contributed by atoms with Gasteiger partial charge in [-0.05, 0) is 57.0 Å². The van der Waals surface area contributed by atoms with E-state index in [1.165, 1.54) is 4.31 Å². The zero-order valence-electron chi connectivity index (χ0n) is 13.4. The number of hydrogen-bond acceptors (Lipinski definition) is 3. The van der Waals surface area contributed by atoms with Gasteiger partial charge >= 0.3 is 0 Å². The number of rotatable bonds is 7. The first-order chi connectivity index (χ1) is 9.71. The molecule has 0 aliphatic heterocycles. The third-order valence-electron chi connectivity index (χ3n) is 3.50. The smallest absolute Gasteiger partial charge is 0.243 e. The first-order valence-electron chi connectivity index (χ1n) is 7.19. The summed E-state index contributed by atoms with van der Waals surface area (Å²) in [5.41, 5.74) is 1.72. The number of nitrogens with zero attached hydrogens (tertiary/aromatic N) is 1. The van der Waals surface area contributed by atoms with Crippen LogP contribution in [0.4, 0.5) is 0 Å². The molecule has 0 aliphatic carbocycles. The molecule has 0 heterocycles. The second-order valence-corrected chi connectivity index (χ2v) is 8.31. The van der Waals surface area contributed by atoms with E-state index in [1.54, 1.807) is 13.1 Å². The van der Waals surface area contributed by atoms with E-state index in [1.807, 2.05) is 26.8 Å². The topological polar surface area (TPSA) is 49.4 Å². The summed E-state index contributed by atoms with van der Waals surface area (Å²) in [7, 11) is -1.85. The molecule has 0 fully saturated rings. The summed E-state index contributed by atoms with van der Waals surface area (Å²) in [4.78, 5) is 0.376. The van der Waals surface area contributed by atoms with Gasteiger partial charge < -0.3 is 5.32 Å². The van der Waals surface area contributed by atoms with Crippen molar-refractivity contribution in [1.82, 2.24) is 9.62 Å². The fourth-order valence-corrected chi connectivity index (χ4v) is 4.22. The predicted octanol–water partition coefficient (Wildman–Crippen LogP) is 3.29. The maximum Gasteiger partial charge on any atom is 0.243 e. The molecule has 6 heteroatoms. The van der Waals surface area contributed by atoms with Gasteiger partial charge in [0.05, 0.1) is 4.90 Å². The molecule has 0 saturated heterocycles. The van der Waals surface area contributed by atoms with Crippen molar-refractivity contribution in [3.63, 3.8) is 0 Å². The molecular weight excluding hydrogens is 352 g/mol. The minimum Gasteiger partial charge on any atom is -0.313 e. The van der Waals surface area contributed by atoms with Crippen LogP contribution in [0.5, 0.6) is 0 Å². The Morgan fingerprint density at radius 2 is 1.95 bits per heavy atom. The van der Waals surface area contributed by atoms with Crippen LogP contribution in [-0.4, -0.2) is 32.4 Å². The molecule has 1 N–H and O–H groups in total. The van der Waals surface area contributed by atoms with E-state index >= 15 is 0 Å². The Bertz CT molecular complexity index is 586. The average molecular weight is 377 g/mol. The van der Waals surface area contributed by atoms with Crippen molar-refractivity contribution < 1.29 is 8.42 Å². The molecular formula is C15H25BrN2O2S. The molecule has 0 aromatic heterocycles. The fourth-order valence-electron chi connectivity index (χ4n) is 1.92. The second kappa shape index (κ2) is 7.72. The molecule has 0 saturated carbocycles. The SMILES string of the molecule is CCCNCc1cc(Br)c(C)c(S(=O)(=O)N(C)C(C)C)c1. The van der Waals surface area contributed by atoms with Crippen molar-refractivity contribution in [1.29, 1.82) is 0 Å². The Hall–Kier alpha value is -0.430. The molecule has 1 aromatic carbocycles. The van der Waals surface area contributed by atoms with Crippen LogP contribution in [0, 0.1) is 6.92 Å². The van der Waals surface area contributed by atoms with Crippen molar-refractivity contribution >= 4 is 26.0 Å². The van der Waals surface area contributed by atoms with Crippen LogP contribution in [0.2, 0.25) is 0 Å². The monoisotopic (exact) mass is 376 g/mol. The Balaban J connectivity index is 3.22. The van der Waals surface area contributed by atoms with E-state index in [4.69, 9.17) is 0 Å². The van der Waals surface area contributed by atoms with Gasteiger partial charge in [-0.2, -0.15) is 4.31 Å². The zero-order chi connectivity index (χ0) is 16.2. The van der Waals surface area contributed by atoms with Crippen molar-refractivity contribution in [2.45, 2.75) is 51.6 Å². The molecule has 0 aliphatic rings. The first-order valence-corrected chi connectivity index (χ1v) is 9.42. The van der Waals surface area contributed by atoms with Crippen LogP contribution in [0.1, 0.15) is 38.3 Å². The summed E-state index contributed by atoms with van der Waals surface area (Å²) in [6.45, 7) is 9.25. The molecule has 0 unspecified atom stereocenters. The van der Waals surface area contributed by atoms with Gasteiger partial charge in [0.1, 0.15) is 0 Å². The van der Waals surface area contributed by atoms with Crippen molar-refractivity contribution in [3.8, 4) is 0 Å². The highest BCUT2D eigenvalue weighted by atomic mass is 79.9. The van der Waals surface area contributed by atoms with Crippen LogP contribution in [0.15, 0.2) is 21.5 Å². The summed E-state index contributed by atoms with van der Waals surface area (Å²) in [6, 6.07) is 3.68. The standard InChI is InChI=1S/C15H25BrN2O2S/c1-6-7-17-10-13-8-14(16)12(4)15(9-13)21(19,20)18(5)11(2)3/h8-9,11,17H,6-7,10H2,1-5H3. The average Bonchev–Trinajstić information content (AvgIpc) is 2.41. The molecule has 1 rings (SSSR count). The van der Waals surface area contributed by atoms with E-state index < -0.39 is 10.0 Å². The fraction of sp³-hybridized carbons (Fsp3) is 0.600. The Morgan fingerprint density at radius 3 is 2.48 bits per heavy atom. The van der Waals surface area contributed by atoms with E-state index in [-0.39, 0.29) is 6.04 Å². The summed E-state index contributed by atoms with van der Waals surface area (Å²) in [5, 5.41) is 3.30. The summed E-state index contributed by atoms with van der Waals surface area (Å²) in [5.74, 6) is 0. The van der Waals surface area contributed by atoms with E-state index in [0.29, 0.717) is 11.4 Å². The quantitative estimate of drug-likeness (QED) is 0.742. The Kier molecular flexibility index (Phi) is 6.84. The Morgan fingerprint density at radius 1 is 1.33 bits per heavy atom. The summed E-state index contributed by atoms with van der Waals surface area (Å²) >= 11 is 3.47. The van der Waals surface area contributed by atoms with Crippen LogP contribution >= 0.6 is 15.9 Å². The van der Waals surface area contributed by atoms with Crippen LogP contribution < -0.4 is 5.32 Å². The molecule has 21 heavy (non-hydrogen) atoms. The third-order valence-corrected chi connectivity index (χ3v) is 6.48. The lowest BCUT2D eigenvalue weighted by Gasteiger charge is -2.23. The van der Waals surface area contributed by atoms with Gasteiger partial charge in [0, 0.05) is 24.1 Å². The minimum atomic E-state index is -3.47. The van der Waals surface area contributed by atoms with Gasteiger partial charge in [0.25, 0.3) is 0 Å². The minimum absolute atomic E-state index is 0.0740. The lowest BCUT2D eigenvalue weighted by molar-refractivity contribution is 0.410. The molecule has 0 radical (unpaired) electrons. The first kappa shape index (κ1) is 18.6. The van der Waals surface area contributed by atoms with Crippen molar-refractivity contribution in [2.24, 2.45) is 0 Å². The highest BCUT2D eigenvalue weighted by molar-refractivity contribution is 9.10. The van der Waals surface area contributed by atoms with Gasteiger partial charge in [-0.25, -0.2) is 8.42 Å². The van der Waals surface area contributed by atoms with Gasteiger partial charge in [0.15, 0.2) is 0 Å². The lowest BCUT2D eigenvalue weighted by atomic mass is 10.1. The highest BCUT2D eigenvalue weighted by Gasteiger charge is 2.26. The largest absolute Gasteiger partial charge is 0.313 e. The van der Waals surface area contributed by atoms with Crippen LogP contribution in [0.25, 0.3) is 0 Å². The molecule has 0 amide bonds. The highest BCUT2D eigenvalue weighted by Crippen LogP contribution is 2.28. The van der Waals surface area contributed by atoms with Crippen molar-refractivity contribution in [3.05, 3.63) is 27.7 Å². The molecule has 120 valence electrons. The third kappa shape index (κ3) is 4.52. The number of sulfonamides is 1. The number of hydrogen-bond donors (Lipinski definition) is 1. The van der Waals surface area contributed by atoms with Crippen molar-refractivity contribution in [2.75, 3.05) is 13.6 Å². The molecule has 0 atom stereocenters. The normalized spacial score (nSPS) is 12.4. The molecule has 0 spiro atoms. The maximum absolute atomic E-state index is 12.7. The van der Waals surface area contributed by atoms with E-state index in [2.05, 4.69) is 28.2 Å². The van der Waals surface area contributed by atoms with Crippen LogP contribution in [-0.2, 0) is 16.6 Å². The molecule has 4 nitrogen and oxygen atoms in total. The molecule has 0 bridgehead atoms. The van der Waals surface area contributed by atoms with Gasteiger partial charge in [-0.15, -0.1) is 0 Å². The Labute approximate surface area is 137 Å². The zero-order valence-corrected chi connectivity index (χ0v) is 15.8. The summed E-state index contributed by atoms with van der Waals surface area (Å²) in [6.07, 6.45) is 1.05. The predicted molar refractivity (Wildman–Crippen MR) is 91.0 cm³/mol. The van der Waals surface area contributed by atoms with E-state index in [9.17, 15) is 8.42 Å². The second-order valence-electron chi connectivity index (χ2n) is 5.49. The van der Waals surface area contributed by atoms with Gasteiger partial charge in [0.2, 0.25) is 10.0 Å². The summed E-state index contributed by atoms with van der Waals surface area (Å²) < 4.78 is 27.7. The van der Waals surface area contributed by atoms with E-state index in [0.717, 1.165) is 28.6 Å². The van der Waals surface area contributed by atoms with Gasteiger partial charge in [-0.1, -0.05) is 22.9 Å². The number of benzene rings is 1. The molecule has 1 aromatic rings. The number of halogens is 1. The lowest BCUT2D eigenvalue weighted by Crippen LogP contribution is -2.33.